The molecule has 1 heterocycles. The number of hydrogen-bond acceptors (Lipinski definition) is 7. The molecule has 0 saturated heterocycles. The van der Waals surface area contributed by atoms with Gasteiger partial charge in [-0.25, -0.2) is 9.78 Å². The largest absolute Gasteiger partial charge is 0.335 e. The lowest BCUT2D eigenvalue weighted by Crippen LogP contribution is -2.41. The fourth-order valence-electron chi connectivity index (χ4n) is 1.81. The molecule has 1 saturated carbocycles. The summed E-state index contributed by atoms with van der Waals surface area (Å²) in [5.74, 6) is -0.349. The van der Waals surface area contributed by atoms with Gasteiger partial charge in [-0.15, -0.1) is 11.3 Å². The molecule has 0 unspecified atom stereocenters. The summed E-state index contributed by atoms with van der Waals surface area (Å²) in [6.45, 7) is 0. The third-order valence-corrected chi connectivity index (χ3v) is 5.22. The Kier molecular flexibility index (Phi) is 4.44. The van der Waals surface area contributed by atoms with Crippen molar-refractivity contribution in [3.8, 4) is 0 Å². The zero-order chi connectivity index (χ0) is 16.4. The maximum absolute atomic E-state index is 11.7. The van der Waals surface area contributed by atoms with Gasteiger partial charge in [0.25, 0.3) is 5.69 Å². The van der Waals surface area contributed by atoms with E-state index in [-0.39, 0.29) is 17.5 Å². The summed E-state index contributed by atoms with van der Waals surface area (Å²) in [5.41, 5.74) is 0.655. The number of urea groups is 1. The Morgan fingerprint density at radius 3 is 2.91 bits per heavy atom. The molecule has 1 aliphatic rings. The van der Waals surface area contributed by atoms with Gasteiger partial charge in [0.15, 0.2) is 4.34 Å². The van der Waals surface area contributed by atoms with Crippen molar-refractivity contribution in [1.29, 1.82) is 0 Å². The minimum atomic E-state index is -0.474. The molecule has 120 valence electrons. The first-order valence-electron chi connectivity index (χ1n) is 6.79. The van der Waals surface area contributed by atoms with Gasteiger partial charge in [-0.1, -0.05) is 11.8 Å². The molecule has 10 heteroatoms. The van der Waals surface area contributed by atoms with E-state index in [9.17, 15) is 19.7 Å². The summed E-state index contributed by atoms with van der Waals surface area (Å²) in [6, 6.07) is 4.15. The first kappa shape index (κ1) is 15.7. The molecule has 2 N–H and O–H groups in total. The zero-order valence-electron chi connectivity index (χ0n) is 11.8. The van der Waals surface area contributed by atoms with Gasteiger partial charge in [0.2, 0.25) is 5.91 Å². The molecule has 1 fully saturated rings. The van der Waals surface area contributed by atoms with Gasteiger partial charge >= 0.3 is 6.03 Å². The first-order chi connectivity index (χ1) is 11.0. The van der Waals surface area contributed by atoms with Gasteiger partial charge < -0.3 is 5.32 Å². The van der Waals surface area contributed by atoms with E-state index in [2.05, 4.69) is 15.6 Å². The van der Waals surface area contributed by atoms with Crippen LogP contribution in [0.2, 0.25) is 0 Å². The minimum absolute atomic E-state index is 0.00666. The zero-order valence-corrected chi connectivity index (χ0v) is 13.4. The number of carbonyl (C=O) groups is 2. The molecule has 1 aromatic carbocycles. The molecular formula is C13H12N4O4S2. The van der Waals surface area contributed by atoms with E-state index in [0.29, 0.717) is 14.6 Å². The highest BCUT2D eigenvalue weighted by Gasteiger charge is 2.23. The molecule has 8 nitrogen and oxygen atoms in total. The van der Waals surface area contributed by atoms with Crippen molar-refractivity contribution in [2.24, 2.45) is 0 Å². The van der Waals surface area contributed by atoms with Crippen molar-refractivity contribution in [1.82, 2.24) is 15.6 Å². The first-order valence-corrected chi connectivity index (χ1v) is 8.59. The third kappa shape index (κ3) is 4.17. The number of nitro benzene ring substituents is 1. The number of thiazole rings is 1. The summed E-state index contributed by atoms with van der Waals surface area (Å²) in [4.78, 5) is 37.7. The van der Waals surface area contributed by atoms with Crippen molar-refractivity contribution in [2.75, 3.05) is 5.75 Å². The lowest BCUT2D eigenvalue weighted by Gasteiger charge is -2.04. The smallest absolute Gasteiger partial charge is 0.321 e. The number of fused-ring (bicyclic) bond motifs is 1. The maximum atomic E-state index is 11.7. The average Bonchev–Trinajstić information content (AvgIpc) is 3.20. The molecule has 0 spiro atoms. The van der Waals surface area contributed by atoms with Gasteiger partial charge in [-0.3, -0.25) is 20.2 Å². The van der Waals surface area contributed by atoms with Gasteiger partial charge in [-0.05, 0) is 18.9 Å². The number of benzene rings is 1. The Hall–Kier alpha value is -2.20. The Bertz CT molecular complexity index is 787. The second-order valence-electron chi connectivity index (χ2n) is 4.97. The molecule has 1 aromatic heterocycles. The highest BCUT2D eigenvalue weighted by atomic mass is 32.2. The maximum Gasteiger partial charge on any atom is 0.321 e. The van der Waals surface area contributed by atoms with E-state index in [1.165, 1.54) is 35.2 Å². The second kappa shape index (κ2) is 6.50. The Morgan fingerprint density at radius 2 is 2.22 bits per heavy atom. The molecule has 2 aromatic rings. The van der Waals surface area contributed by atoms with Crippen LogP contribution in [0.1, 0.15) is 12.8 Å². The number of non-ortho nitro benzene ring substituents is 1. The summed E-state index contributed by atoms with van der Waals surface area (Å²) < 4.78 is 1.31. The number of imide groups is 1. The predicted octanol–water partition coefficient (Wildman–Crippen LogP) is 2.28. The average molecular weight is 352 g/mol. The normalized spacial score (nSPS) is 13.7. The summed E-state index contributed by atoms with van der Waals surface area (Å²) >= 11 is 2.47. The number of thioether (sulfide) groups is 1. The predicted molar refractivity (Wildman–Crippen MR) is 86.7 cm³/mol. The van der Waals surface area contributed by atoms with Crippen molar-refractivity contribution in [3.63, 3.8) is 0 Å². The van der Waals surface area contributed by atoms with E-state index in [0.717, 1.165) is 12.8 Å². The van der Waals surface area contributed by atoms with E-state index in [4.69, 9.17) is 0 Å². The van der Waals surface area contributed by atoms with Crippen LogP contribution in [-0.2, 0) is 4.79 Å². The molecule has 0 atom stereocenters. The minimum Gasteiger partial charge on any atom is -0.335 e. The number of rotatable bonds is 5. The van der Waals surface area contributed by atoms with Crippen LogP contribution in [0.4, 0.5) is 10.5 Å². The topological polar surface area (TPSA) is 114 Å². The van der Waals surface area contributed by atoms with Crippen LogP contribution in [0, 0.1) is 10.1 Å². The van der Waals surface area contributed by atoms with Gasteiger partial charge in [-0.2, -0.15) is 0 Å². The van der Waals surface area contributed by atoms with Crippen molar-refractivity contribution in [3.05, 3.63) is 28.3 Å². The molecule has 1 aliphatic carbocycles. The quantitative estimate of drug-likeness (QED) is 0.485. The lowest BCUT2D eigenvalue weighted by molar-refractivity contribution is -0.384. The van der Waals surface area contributed by atoms with E-state index >= 15 is 0 Å². The van der Waals surface area contributed by atoms with Crippen molar-refractivity contribution < 1.29 is 14.5 Å². The Labute approximate surface area is 138 Å². The molecule has 23 heavy (non-hydrogen) atoms. The summed E-state index contributed by atoms with van der Waals surface area (Å²) in [7, 11) is 0. The second-order valence-corrected chi connectivity index (χ2v) is 7.23. The van der Waals surface area contributed by atoms with Crippen LogP contribution in [0.25, 0.3) is 10.2 Å². The lowest BCUT2D eigenvalue weighted by atomic mass is 10.3. The van der Waals surface area contributed by atoms with Crippen LogP contribution in [0.5, 0.6) is 0 Å². The standard InChI is InChI=1S/C13H12N4O4S2/c18-11(16-12(19)14-7-1-2-7)6-22-13-15-9-4-3-8(17(20)21)5-10(9)23-13/h3-5,7H,1-2,6H2,(H2,14,16,18,19). The molecular weight excluding hydrogens is 340 g/mol. The monoisotopic (exact) mass is 352 g/mol. The van der Waals surface area contributed by atoms with Gasteiger partial charge in [0.1, 0.15) is 0 Å². The molecule has 0 radical (unpaired) electrons. The van der Waals surface area contributed by atoms with Crippen molar-refractivity contribution >= 4 is 50.9 Å². The number of hydrogen-bond donors (Lipinski definition) is 2. The third-order valence-electron chi connectivity index (χ3n) is 3.06. The van der Waals surface area contributed by atoms with Crippen LogP contribution in [-0.4, -0.2) is 33.6 Å². The molecule has 0 bridgehead atoms. The highest BCUT2D eigenvalue weighted by Crippen LogP contribution is 2.31. The number of aromatic nitrogens is 1. The van der Waals surface area contributed by atoms with E-state index in [1.807, 2.05) is 0 Å². The number of nitrogens with zero attached hydrogens (tertiary/aromatic N) is 2. The number of nitrogens with one attached hydrogen (secondary N) is 2. The highest BCUT2D eigenvalue weighted by molar-refractivity contribution is 8.01. The fourth-order valence-corrected chi connectivity index (χ4v) is 3.71. The van der Waals surface area contributed by atoms with Crippen molar-refractivity contribution in [2.45, 2.75) is 23.2 Å². The number of amides is 3. The van der Waals surface area contributed by atoms with E-state index < -0.39 is 16.9 Å². The Morgan fingerprint density at radius 1 is 1.43 bits per heavy atom. The molecule has 3 amide bonds. The van der Waals surface area contributed by atoms with Crippen LogP contribution in [0.15, 0.2) is 22.5 Å². The van der Waals surface area contributed by atoms with Gasteiger partial charge in [0.05, 0.1) is 20.9 Å². The Balaban J connectivity index is 1.56. The van der Waals surface area contributed by atoms with Crippen LogP contribution >= 0.6 is 23.1 Å². The SMILES string of the molecule is O=C(CSc1nc2ccc([N+](=O)[O-])cc2s1)NC(=O)NC1CC1. The van der Waals surface area contributed by atoms with Crippen LogP contribution in [0.3, 0.4) is 0 Å². The van der Waals surface area contributed by atoms with E-state index in [1.54, 1.807) is 6.07 Å². The van der Waals surface area contributed by atoms with Gasteiger partial charge in [0, 0.05) is 18.2 Å². The molecule has 3 rings (SSSR count). The fraction of sp³-hybridized carbons (Fsp3) is 0.308. The summed E-state index contributed by atoms with van der Waals surface area (Å²) in [6.07, 6.45) is 1.91. The number of carbonyl (C=O) groups excluding carboxylic acids is 2. The summed E-state index contributed by atoms with van der Waals surface area (Å²) in [5, 5.41) is 15.7. The molecule has 0 aliphatic heterocycles. The van der Waals surface area contributed by atoms with Crippen LogP contribution < -0.4 is 10.6 Å². The number of nitro groups is 1.